The smallest absolute Gasteiger partial charge is 0.224 e. The zero-order valence-corrected chi connectivity index (χ0v) is 14.3. The third-order valence-corrected chi connectivity index (χ3v) is 4.61. The van der Waals surface area contributed by atoms with Gasteiger partial charge in [-0.05, 0) is 41.3 Å². The highest BCUT2D eigenvalue weighted by molar-refractivity contribution is 7.10. The first-order valence-corrected chi connectivity index (χ1v) is 8.86. The molecule has 25 heavy (non-hydrogen) atoms. The van der Waals surface area contributed by atoms with Crippen LogP contribution in [-0.4, -0.2) is 12.5 Å². The van der Waals surface area contributed by atoms with Gasteiger partial charge >= 0.3 is 0 Å². The lowest BCUT2D eigenvalue weighted by atomic mass is 10.1. The van der Waals surface area contributed by atoms with Crippen LogP contribution in [0.3, 0.4) is 0 Å². The van der Waals surface area contributed by atoms with Gasteiger partial charge in [0.25, 0.3) is 0 Å². The lowest BCUT2D eigenvalue weighted by Gasteiger charge is -2.18. The highest BCUT2D eigenvalue weighted by atomic mass is 32.1. The summed E-state index contributed by atoms with van der Waals surface area (Å²) in [7, 11) is 0. The normalized spacial score (nSPS) is 11.7. The van der Waals surface area contributed by atoms with Crippen molar-refractivity contribution in [3.05, 3.63) is 88.4 Å². The Hall–Kier alpha value is -2.66. The minimum Gasteiger partial charge on any atom is -0.493 e. The number of hydrogen-bond donors (Lipinski definition) is 1. The van der Waals surface area contributed by atoms with Crippen molar-refractivity contribution >= 4 is 17.2 Å². The molecule has 0 saturated heterocycles. The Balaban J connectivity index is 1.62. The van der Waals surface area contributed by atoms with Gasteiger partial charge in [0, 0.05) is 4.88 Å². The van der Waals surface area contributed by atoms with Gasteiger partial charge in [0.05, 0.1) is 19.1 Å². The molecule has 0 radical (unpaired) electrons. The number of benzene rings is 2. The second-order valence-corrected chi connectivity index (χ2v) is 6.46. The number of halogens is 1. The van der Waals surface area contributed by atoms with Crippen LogP contribution in [0, 0.1) is 5.82 Å². The molecule has 1 N–H and O–H groups in total. The van der Waals surface area contributed by atoms with Gasteiger partial charge in [0.2, 0.25) is 5.91 Å². The molecule has 3 aromatic rings. The summed E-state index contributed by atoms with van der Waals surface area (Å²) < 4.78 is 18.7. The van der Waals surface area contributed by atoms with Crippen LogP contribution in [0.15, 0.2) is 72.1 Å². The summed E-state index contributed by atoms with van der Waals surface area (Å²) in [4.78, 5) is 13.3. The van der Waals surface area contributed by atoms with Gasteiger partial charge in [0.1, 0.15) is 11.6 Å². The van der Waals surface area contributed by atoms with Crippen LogP contribution < -0.4 is 10.1 Å². The number of ether oxygens (including phenoxy) is 1. The van der Waals surface area contributed by atoms with Crippen molar-refractivity contribution in [2.24, 2.45) is 0 Å². The van der Waals surface area contributed by atoms with E-state index in [9.17, 15) is 9.18 Å². The van der Waals surface area contributed by atoms with E-state index in [0.717, 1.165) is 16.2 Å². The molecule has 0 saturated carbocycles. The predicted octanol–water partition coefficient (Wildman–Crippen LogP) is 4.56. The van der Waals surface area contributed by atoms with Crippen molar-refractivity contribution < 1.29 is 13.9 Å². The molecule has 128 valence electrons. The number of hydrogen-bond acceptors (Lipinski definition) is 3. The van der Waals surface area contributed by atoms with Gasteiger partial charge in [-0.25, -0.2) is 4.39 Å². The molecule has 1 atom stereocenters. The highest BCUT2D eigenvalue weighted by Crippen LogP contribution is 2.26. The molecule has 1 aromatic heterocycles. The second kappa shape index (κ2) is 8.44. The fourth-order valence-corrected chi connectivity index (χ4v) is 3.24. The molecule has 0 aliphatic rings. The second-order valence-electron chi connectivity index (χ2n) is 5.48. The monoisotopic (exact) mass is 355 g/mol. The van der Waals surface area contributed by atoms with E-state index >= 15 is 0 Å². The van der Waals surface area contributed by atoms with Crippen LogP contribution in [-0.2, 0) is 4.79 Å². The molecule has 3 nitrogen and oxygen atoms in total. The number of nitrogens with one attached hydrogen (secondary N) is 1. The maximum atomic E-state index is 13.2. The summed E-state index contributed by atoms with van der Waals surface area (Å²) in [6.45, 7) is 0.302. The Morgan fingerprint density at radius 1 is 1.04 bits per heavy atom. The third-order valence-electron chi connectivity index (χ3n) is 3.68. The Kier molecular flexibility index (Phi) is 5.80. The van der Waals surface area contributed by atoms with E-state index in [1.54, 1.807) is 23.5 Å². The van der Waals surface area contributed by atoms with Crippen LogP contribution in [0.1, 0.15) is 22.9 Å². The minimum absolute atomic E-state index is 0.112. The Bertz CT molecular complexity index is 788. The van der Waals surface area contributed by atoms with E-state index in [1.807, 2.05) is 47.8 Å². The summed E-state index contributed by atoms with van der Waals surface area (Å²) >= 11 is 1.55. The number of carbonyl (C=O) groups is 1. The molecule has 0 bridgehead atoms. The molecule has 0 spiro atoms. The molecule has 1 heterocycles. The van der Waals surface area contributed by atoms with Gasteiger partial charge in [-0.2, -0.15) is 0 Å². The van der Waals surface area contributed by atoms with Crippen molar-refractivity contribution in [1.82, 2.24) is 5.32 Å². The Morgan fingerprint density at radius 2 is 1.80 bits per heavy atom. The highest BCUT2D eigenvalue weighted by Gasteiger charge is 2.18. The Morgan fingerprint density at radius 3 is 2.48 bits per heavy atom. The zero-order chi connectivity index (χ0) is 17.5. The summed E-state index contributed by atoms with van der Waals surface area (Å²) in [5.41, 5.74) is 0.848. The third kappa shape index (κ3) is 4.90. The molecule has 3 rings (SSSR count). The molecule has 0 fully saturated rings. The number of rotatable bonds is 7. The summed E-state index contributed by atoms with van der Waals surface area (Å²) in [5, 5.41) is 4.97. The van der Waals surface area contributed by atoms with E-state index < -0.39 is 0 Å². The van der Waals surface area contributed by atoms with Crippen molar-refractivity contribution in [2.45, 2.75) is 12.5 Å². The maximum Gasteiger partial charge on any atom is 0.224 e. The fourth-order valence-electron chi connectivity index (χ4n) is 2.44. The minimum atomic E-state index is -0.295. The number of amides is 1. The fraction of sp³-hybridized carbons (Fsp3) is 0.150. The molecule has 0 unspecified atom stereocenters. The van der Waals surface area contributed by atoms with Crippen molar-refractivity contribution in [2.75, 3.05) is 6.61 Å². The van der Waals surface area contributed by atoms with Crippen LogP contribution in [0.4, 0.5) is 4.39 Å². The van der Waals surface area contributed by atoms with E-state index in [2.05, 4.69) is 5.32 Å². The van der Waals surface area contributed by atoms with E-state index in [4.69, 9.17) is 4.74 Å². The van der Waals surface area contributed by atoms with E-state index in [-0.39, 0.29) is 24.2 Å². The largest absolute Gasteiger partial charge is 0.493 e. The SMILES string of the molecule is O=C(CCOc1ccccc1)N[C@@H](c1ccc(F)cc1)c1cccs1. The summed E-state index contributed by atoms with van der Waals surface area (Å²) in [6.07, 6.45) is 0.248. The van der Waals surface area contributed by atoms with Crippen LogP contribution >= 0.6 is 11.3 Å². The quantitative estimate of drug-likeness (QED) is 0.675. The first kappa shape index (κ1) is 17.2. The molecular weight excluding hydrogens is 337 g/mol. The first-order chi connectivity index (χ1) is 12.2. The number of para-hydroxylation sites is 1. The predicted molar refractivity (Wildman–Crippen MR) is 97.3 cm³/mol. The number of carbonyl (C=O) groups excluding carboxylic acids is 1. The maximum absolute atomic E-state index is 13.2. The summed E-state index contributed by atoms with van der Waals surface area (Å²) in [5.74, 6) is 0.332. The summed E-state index contributed by atoms with van der Waals surface area (Å²) in [6, 6.07) is 19.2. The molecular formula is C20H18FNO2S. The van der Waals surface area contributed by atoms with Crippen molar-refractivity contribution in [3.8, 4) is 5.75 Å². The van der Waals surface area contributed by atoms with Gasteiger partial charge in [-0.1, -0.05) is 36.4 Å². The van der Waals surface area contributed by atoms with Gasteiger partial charge in [0.15, 0.2) is 0 Å². The molecule has 5 heteroatoms. The molecule has 2 aromatic carbocycles. The van der Waals surface area contributed by atoms with E-state index in [0.29, 0.717) is 6.61 Å². The van der Waals surface area contributed by atoms with Crippen LogP contribution in [0.25, 0.3) is 0 Å². The van der Waals surface area contributed by atoms with Crippen LogP contribution in [0.5, 0.6) is 5.75 Å². The van der Waals surface area contributed by atoms with Gasteiger partial charge in [-0.15, -0.1) is 11.3 Å². The number of thiophene rings is 1. The zero-order valence-electron chi connectivity index (χ0n) is 13.5. The first-order valence-electron chi connectivity index (χ1n) is 7.98. The van der Waals surface area contributed by atoms with Crippen molar-refractivity contribution in [1.29, 1.82) is 0 Å². The average Bonchev–Trinajstić information content (AvgIpc) is 3.16. The molecule has 0 aliphatic carbocycles. The molecule has 0 aliphatic heterocycles. The van der Waals surface area contributed by atoms with E-state index in [1.165, 1.54) is 12.1 Å². The lowest BCUT2D eigenvalue weighted by molar-refractivity contribution is -0.122. The van der Waals surface area contributed by atoms with Crippen molar-refractivity contribution in [3.63, 3.8) is 0 Å². The van der Waals surface area contributed by atoms with Crippen LogP contribution in [0.2, 0.25) is 0 Å². The molecule has 1 amide bonds. The van der Waals surface area contributed by atoms with Gasteiger partial charge < -0.3 is 10.1 Å². The topological polar surface area (TPSA) is 38.3 Å². The average molecular weight is 355 g/mol. The van der Waals surface area contributed by atoms with Gasteiger partial charge in [-0.3, -0.25) is 4.79 Å². The lowest BCUT2D eigenvalue weighted by Crippen LogP contribution is -2.29. The standard InChI is InChI=1S/C20H18FNO2S/c21-16-10-8-15(9-11-16)20(18-7-4-14-25-18)22-19(23)12-13-24-17-5-2-1-3-6-17/h1-11,14,20H,12-13H2,(H,22,23)/t20-/m0/s1. The Labute approximate surface area is 150 Å².